The molecule has 21 heavy (non-hydrogen) atoms. The fourth-order valence-corrected chi connectivity index (χ4v) is 2.66. The van der Waals surface area contributed by atoms with Crippen LogP contribution < -0.4 is 5.32 Å². The molecule has 2 aromatic rings. The lowest BCUT2D eigenvalue weighted by molar-refractivity contribution is -0.133. The molecule has 1 aliphatic heterocycles. The summed E-state index contributed by atoms with van der Waals surface area (Å²) in [5.74, 6) is -0.925. The van der Waals surface area contributed by atoms with Gasteiger partial charge in [0, 0.05) is 21.8 Å². The molecule has 1 amide bonds. The number of fused-ring (bicyclic) bond motifs is 1. The molecule has 106 valence electrons. The Bertz CT molecular complexity index is 744. The van der Waals surface area contributed by atoms with E-state index in [0.717, 1.165) is 0 Å². The van der Waals surface area contributed by atoms with Crippen LogP contribution in [-0.4, -0.2) is 16.8 Å². The molecule has 1 heterocycles. The molecule has 0 aliphatic carbocycles. The number of nitrogens with one attached hydrogen (secondary N) is 1. The van der Waals surface area contributed by atoms with E-state index in [0.29, 0.717) is 21.8 Å². The third-order valence-electron chi connectivity index (χ3n) is 3.56. The second kappa shape index (κ2) is 4.98. The number of rotatable bonds is 3. The predicted octanol–water partition coefficient (Wildman–Crippen LogP) is 2.75. The van der Waals surface area contributed by atoms with Crippen molar-refractivity contribution in [3.63, 3.8) is 0 Å². The molecular formula is C16H12ClNO3. The van der Waals surface area contributed by atoms with Gasteiger partial charge in [-0.3, -0.25) is 9.59 Å². The Balaban J connectivity index is 1.94. The van der Waals surface area contributed by atoms with Crippen LogP contribution in [0.3, 0.4) is 0 Å². The number of halogens is 1. The lowest BCUT2D eigenvalue weighted by Gasteiger charge is -2.20. The Morgan fingerprint density at radius 2 is 1.95 bits per heavy atom. The average molecular weight is 302 g/mol. The van der Waals surface area contributed by atoms with Crippen molar-refractivity contribution in [2.75, 3.05) is 5.32 Å². The lowest BCUT2D eigenvalue weighted by Crippen LogP contribution is -2.36. The summed E-state index contributed by atoms with van der Waals surface area (Å²) in [7, 11) is 0. The number of carbonyl (C=O) groups is 2. The van der Waals surface area contributed by atoms with Crippen molar-refractivity contribution in [1.29, 1.82) is 0 Å². The fraction of sp³-hybridized carbons (Fsp3) is 0.125. The molecule has 0 spiro atoms. The van der Waals surface area contributed by atoms with Crippen LogP contribution in [0, 0.1) is 0 Å². The summed E-state index contributed by atoms with van der Waals surface area (Å²) < 4.78 is 0. The quantitative estimate of drug-likeness (QED) is 0.857. The summed E-state index contributed by atoms with van der Waals surface area (Å²) in [4.78, 5) is 24.4. The zero-order valence-corrected chi connectivity index (χ0v) is 11.7. The van der Waals surface area contributed by atoms with Gasteiger partial charge < -0.3 is 10.4 Å². The zero-order valence-electron chi connectivity index (χ0n) is 11.0. The summed E-state index contributed by atoms with van der Waals surface area (Å²) >= 11 is 5.86. The van der Waals surface area contributed by atoms with Gasteiger partial charge in [0.1, 0.15) is 0 Å². The Hall–Kier alpha value is -2.17. The normalized spacial score (nSPS) is 20.0. The number of Topliss-reactive ketones (excluding diaryl/α,β-unsaturated/α-hetero) is 1. The molecule has 0 fully saturated rings. The third kappa shape index (κ3) is 2.33. The van der Waals surface area contributed by atoms with E-state index in [2.05, 4.69) is 5.32 Å². The number of para-hydroxylation sites is 1. The summed E-state index contributed by atoms with van der Waals surface area (Å²) in [6, 6.07) is 13.2. The van der Waals surface area contributed by atoms with Crippen molar-refractivity contribution in [2.45, 2.75) is 12.0 Å². The highest BCUT2D eigenvalue weighted by Gasteiger charge is 2.46. The summed E-state index contributed by atoms with van der Waals surface area (Å²) in [6.45, 7) is 0. The first-order valence-corrected chi connectivity index (χ1v) is 6.80. The largest absolute Gasteiger partial charge is 0.375 e. The van der Waals surface area contributed by atoms with Crippen LogP contribution in [0.5, 0.6) is 0 Å². The molecule has 5 heteroatoms. The smallest absolute Gasteiger partial charge is 0.261 e. The minimum atomic E-state index is -1.84. The molecule has 4 nitrogen and oxygen atoms in total. The minimum absolute atomic E-state index is 0.323. The van der Waals surface area contributed by atoms with Crippen molar-refractivity contribution in [1.82, 2.24) is 0 Å². The van der Waals surface area contributed by atoms with E-state index in [-0.39, 0.29) is 12.2 Å². The van der Waals surface area contributed by atoms with Crippen molar-refractivity contribution in [2.24, 2.45) is 0 Å². The van der Waals surface area contributed by atoms with E-state index in [1.165, 1.54) is 6.07 Å². The van der Waals surface area contributed by atoms with Crippen LogP contribution in [0.1, 0.15) is 22.3 Å². The van der Waals surface area contributed by atoms with Crippen molar-refractivity contribution < 1.29 is 14.7 Å². The van der Waals surface area contributed by atoms with Crippen LogP contribution in [0.2, 0.25) is 5.02 Å². The first-order valence-electron chi connectivity index (χ1n) is 6.43. The Kier molecular flexibility index (Phi) is 3.27. The van der Waals surface area contributed by atoms with Gasteiger partial charge in [-0.2, -0.15) is 0 Å². The van der Waals surface area contributed by atoms with Gasteiger partial charge in [0.15, 0.2) is 11.4 Å². The molecular weight excluding hydrogens is 290 g/mol. The maximum Gasteiger partial charge on any atom is 0.261 e. The topological polar surface area (TPSA) is 66.4 Å². The summed E-state index contributed by atoms with van der Waals surface area (Å²) in [6.07, 6.45) is -0.323. The Morgan fingerprint density at radius 1 is 1.19 bits per heavy atom. The summed E-state index contributed by atoms with van der Waals surface area (Å²) in [5, 5.41) is 13.7. The van der Waals surface area contributed by atoms with Crippen LogP contribution in [0.4, 0.5) is 5.69 Å². The SMILES string of the molecule is O=C(CC1(O)C(=O)Nc2ccccc21)c1cccc(Cl)c1. The highest BCUT2D eigenvalue weighted by atomic mass is 35.5. The average Bonchev–Trinajstić information content (AvgIpc) is 2.71. The van der Waals surface area contributed by atoms with E-state index < -0.39 is 11.5 Å². The van der Waals surface area contributed by atoms with E-state index in [1.807, 2.05) is 0 Å². The fourth-order valence-electron chi connectivity index (χ4n) is 2.47. The number of carbonyl (C=O) groups excluding carboxylic acids is 2. The second-order valence-corrected chi connectivity index (χ2v) is 5.41. The van der Waals surface area contributed by atoms with Crippen molar-refractivity contribution >= 4 is 29.0 Å². The first kappa shape index (κ1) is 13.8. The minimum Gasteiger partial charge on any atom is -0.375 e. The number of hydrogen-bond donors (Lipinski definition) is 2. The molecule has 0 saturated heterocycles. The molecule has 0 saturated carbocycles. The number of anilines is 1. The highest BCUT2D eigenvalue weighted by Crippen LogP contribution is 2.38. The molecule has 2 N–H and O–H groups in total. The van der Waals surface area contributed by atoms with Gasteiger partial charge in [-0.1, -0.05) is 41.9 Å². The van der Waals surface area contributed by atoms with Gasteiger partial charge in [-0.25, -0.2) is 0 Å². The van der Waals surface area contributed by atoms with Gasteiger partial charge in [0.05, 0.1) is 6.42 Å². The molecule has 1 aliphatic rings. The standard InChI is InChI=1S/C16H12ClNO3/c17-11-5-3-4-10(8-11)14(19)9-16(21)12-6-1-2-7-13(12)18-15(16)20/h1-8,21H,9H2,(H,18,20). The third-order valence-corrected chi connectivity index (χ3v) is 3.79. The highest BCUT2D eigenvalue weighted by molar-refractivity contribution is 6.31. The van der Waals surface area contributed by atoms with Crippen LogP contribution in [-0.2, 0) is 10.4 Å². The van der Waals surface area contributed by atoms with Crippen LogP contribution in [0.15, 0.2) is 48.5 Å². The maximum atomic E-state index is 12.3. The van der Waals surface area contributed by atoms with Gasteiger partial charge in [-0.05, 0) is 18.2 Å². The van der Waals surface area contributed by atoms with Gasteiger partial charge >= 0.3 is 0 Å². The van der Waals surface area contributed by atoms with E-state index >= 15 is 0 Å². The van der Waals surface area contributed by atoms with Crippen molar-refractivity contribution in [3.05, 3.63) is 64.7 Å². The van der Waals surface area contributed by atoms with Gasteiger partial charge in [0.2, 0.25) is 0 Å². The molecule has 0 radical (unpaired) electrons. The number of amides is 1. The molecule has 0 bridgehead atoms. The molecule has 2 aromatic carbocycles. The van der Waals surface area contributed by atoms with Crippen molar-refractivity contribution in [3.8, 4) is 0 Å². The molecule has 3 rings (SSSR count). The molecule has 1 atom stereocenters. The number of hydrogen-bond acceptors (Lipinski definition) is 3. The molecule has 0 aromatic heterocycles. The van der Waals surface area contributed by atoms with E-state index in [4.69, 9.17) is 11.6 Å². The second-order valence-electron chi connectivity index (χ2n) is 4.97. The summed E-state index contributed by atoms with van der Waals surface area (Å²) in [5.41, 5.74) is -0.516. The van der Waals surface area contributed by atoms with E-state index in [1.54, 1.807) is 42.5 Å². The maximum absolute atomic E-state index is 12.3. The first-order chi connectivity index (χ1) is 10.0. The molecule has 1 unspecified atom stereocenters. The van der Waals surface area contributed by atoms with Crippen LogP contribution >= 0.6 is 11.6 Å². The Labute approximate surface area is 126 Å². The monoisotopic (exact) mass is 301 g/mol. The zero-order chi connectivity index (χ0) is 15.0. The predicted molar refractivity (Wildman–Crippen MR) is 79.4 cm³/mol. The van der Waals surface area contributed by atoms with E-state index in [9.17, 15) is 14.7 Å². The Morgan fingerprint density at radius 3 is 2.71 bits per heavy atom. The van der Waals surface area contributed by atoms with Gasteiger partial charge in [-0.15, -0.1) is 0 Å². The van der Waals surface area contributed by atoms with Gasteiger partial charge in [0.25, 0.3) is 5.91 Å². The van der Waals surface area contributed by atoms with Crippen LogP contribution in [0.25, 0.3) is 0 Å². The number of ketones is 1. The number of benzene rings is 2. The number of aliphatic hydroxyl groups is 1. The lowest BCUT2D eigenvalue weighted by atomic mass is 9.88.